The van der Waals surface area contributed by atoms with Gasteiger partial charge in [-0.1, -0.05) is 12.1 Å². The van der Waals surface area contributed by atoms with Crippen LogP contribution in [0, 0.1) is 0 Å². The van der Waals surface area contributed by atoms with Crippen molar-refractivity contribution in [2.24, 2.45) is 0 Å². The standard InChI is InChI=1S/C24H30N2O7/c1-24(2,3)33-23(30)26(4)13-8-14-32-19-10-7-6-9-17(19)21(27)25-18-12-11-16(22(28)29)15-20(18)31-5/h6-7,9-12,15H,8,13-14H2,1-5H3,(H,25,27)(H,28,29). The van der Waals surface area contributed by atoms with Crippen molar-refractivity contribution in [3.05, 3.63) is 53.6 Å². The molecule has 0 aliphatic heterocycles. The van der Waals surface area contributed by atoms with Gasteiger partial charge in [-0.2, -0.15) is 0 Å². The predicted octanol–water partition coefficient (Wildman–Crippen LogP) is 4.28. The van der Waals surface area contributed by atoms with E-state index in [0.29, 0.717) is 30.0 Å². The van der Waals surface area contributed by atoms with Gasteiger partial charge < -0.3 is 29.5 Å². The average molecular weight is 459 g/mol. The summed E-state index contributed by atoms with van der Waals surface area (Å²) in [4.78, 5) is 37.5. The highest BCUT2D eigenvalue weighted by Crippen LogP contribution is 2.27. The fraction of sp³-hybridized carbons (Fsp3) is 0.375. The summed E-state index contributed by atoms with van der Waals surface area (Å²) >= 11 is 0. The molecule has 2 N–H and O–H groups in total. The molecule has 33 heavy (non-hydrogen) atoms. The third-order valence-electron chi connectivity index (χ3n) is 4.43. The van der Waals surface area contributed by atoms with Gasteiger partial charge >= 0.3 is 12.1 Å². The zero-order chi connectivity index (χ0) is 24.6. The molecule has 2 amide bonds. The highest BCUT2D eigenvalue weighted by molar-refractivity contribution is 6.07. The van der Waals surface area contributed by atoms with Crippen LogP contribution in [0.3, 0.4) is 0 Å². The first-order chi connectivity index (χ1) is 15.5. The first-order valence-electron chi connectivity index (χ1n) is 10.4. The maximum atomic E-state index is 12.9. The predicted molar refractivity (Wildman–Crippen MR) is 123 cm³/mol. The van der Waals surface area contributed by atoms with Crippen LogP contribution in [0.2, 0.25) is 0 Å². The lowest BCUT2D eigenvalue weighted by atomic mass is 10.1. The third-order valence-corrected chi connectivity index (χ3v) is 4.43. The Kier molecular flexibility index (Phi) is 8.67. The molecule has 2 rings (SSSR count). The summed E-state index contributed by atoms with van der Waals surface area (Å²) in [6.07, 6.45) is 0.126. The van der Waals surface area contributed by atoms with Gasteiger partial charge in [0.2, 0.25) is 0 Å². The van der Waals surface area contributed by atoms with Crippen molar-refractivity contribution in [3.8, 4) is 11.5 Å². The highest BCUT2D eigenvalue weighted by Gasteiger charge is 2.20. The van der Waals surface area contributed by atoms with Crippen LogP contribution in [0.1, 0.15) is 47.9 Å². The van der Waals surface area contributed by atoms with E-state index in [1.807, 2.05) is 0 Å². The monoisotopic (exact) mass is 458 g/mol. The number of carboxylic acid groups (broad SMARTS) is 1. The number of ether oxygens (including phenoxy) is 3. The Hall–Kier alpha value is -3.75. The zero-order valence-electron chi connectivity index (χ0n) is 19.5. The fourth-order valence-electron chi connectivity index (χ4n) is 2.81. The van der Waals surface area contributed by atoms with Crippen LogP contribution in [0.15, 0.2) is 42.5 Å². The molecule has 178 valence electrons. The van der Waals surface area contributed by atoms with Crippen LogP contribution < -0.4 is 14.8 Å². The molecule has 0 heterocycles. The van der Waals surface area contributed by atoms with Crippen LogP contribution in [-0.4, -0.2) is 60.9 Å². The van der Waals surface area contributed by atoms with Crippen LogP contribution in [0.4, 0.5) is 10.5 Å². The van der Waals surface area contributed by atoms with Gasteiger partial charge in [0.15, 0.2) is 0 Å². The van der Waals surface area contributed by atoms with E-state index in [1.54, 1.807) is 52.1 Å². The number of carbonyl (C=O) groups is 3. The number of benzene rings is 2. The molecule has 0 aliphatic carbocycles. The van der Waals surface area contributed by atoms with Gasteiger partial charge in [0.05, 0.1) is 30.5 Å². The number of carboxylic acids is 1. The number of amides is 2. The average Bonchev–Trinajstić information content (AvgIpc) is 2.75. The smallest absolute Gasteiger partial charge is 0.410 e. The van der Waals surface area contributed by atoms with Gasteiger partial charge in [-0.3, -0.25) is 4.79 Å². The first kappa shape index (κ1) is 25.5. The Balaban J connectivity index is 1.99. The molecule has 0 unspecified atom stereocenters. The molecule has 0 saturated carbocycles. The van der Waals surface area contributed by atoms with Crippen LogP contribution >= 0.6 is 0 Å². The number of rotatable bonds is 9. The van der Waals surface area contributed by atoms with Gasteiger partial charge in [-0.05, 0) is 57.5 Å². The number of methoxy groups -OCH3 is 1. The second-order valence-corrected chi connectivity index (χ2v) is 8.27. The zero-order valence-corrected chi connectivity index (χ0v) is 19.5. The molecule has 0 aliphatic rings. The Labute approximate surface area is 193 Å². The van der Waals surface area contributed by atoms with Gasteiger partial charge in [0.25, 0.3) is 5.91 Å². The molecule has 0 radical (unpaired) electrons. The minimum Gasteiger partial charge on any atom is -0.495 e. The number of hydrogen-bond acceptors (Lipinski definition) is 6. The molecule has 0 atom stereocenters. The Morgan fingerprint density at radius 2 is 1.76 bits per heavy atom. The number of nitrogens with zero attached hydrogens (tertiary/aromatic N) is 1. The van der Waals surface area contributed by atoms with E-state index in [1.165, 1.54) is 30.2 Å². The third kappa shape index (κ3) is 7.71. The van der Waals surface area contributed by atoms with Crippen molar-refractivity contribution in [3.63, 3.8) is 0 Å². The lowest BCUT2D eigenvalue weighted by Crippen LogP contribution is -2.35. The van der Waals surface area contributed by atoms with E-state index in [4.69, 9.17) is 19.3 Å². The molecule has 0 bridgehead atoms. The van der Waals surface area contributed by atoms with E-state index >= 15 is 0 Å². The molecule has 9 nitrogen and oxygen atoms in total. The second-order valence-electron chi connectivity index (χ2n) is 8.27. The SMILES string of the molecule is COc1cc(C(=O)O)ccc1NC(=O)c1ccccc1OCCCN(C)C(=O)OC(C)(C)C. The Morgan fingerprint density at radius 1 is 1.06 bits per heavy atom. The van der Waals surface area contributed by atoms with Crippen molar-refractivity contribution >= 4 is 23.7 Å². The summed E-state index contributed by atoms with van der Waals surface area (Å²) < 4.78 is 16.3. The topological polar surface area (TPSA) is 114 Å². The number of nitrogens with one attached hydrogen (secondary N) is 1. The summed E-state index contributed by atoms with van der Waals surface area (Å²) in [7, 11) is 3.04. The largest absolute Gasteiger partial charge is 0.495 e. The molecular formula is C24H30N2O7. The van der Waals surface area contributed by atoms with Crippen LogP contribution in [0.25, 0.3) is 0 Å². The van der Waals surface area contributed by atoms with Crippen molar-refractivity contribution in [1.82, 2.24) is 4.90 Å². The summed E-state index contributed by atoms with van der Waals surface area (Å²) in [5.74, 6) is -0.914. The van der Waals surface area contributed by atoms with Crippen molar-refractivity contribution in [1.29, 1.82) is 0 Å². The maximum Gasteiger partial charge on any atom is 0.410 e. The molecule has 2 aromatic carbocycles. The van der Waals surface area contributed by atoms with Gasteiger partial charge in [-0.15, -0.1) is 0 Å². The van der Waals surface area contributed by atoms with Crippen LogP contribution in [0.5, 0.6) is 11.5 Å². The molecule has 0 aromatic heterocycles. The highest BCUT2D eigenvalue weighted by atomic mass is 16.6. The first-order valence-corrected chi connectivity index (χ1v) is 10.4. The number of para-hydroxylation sites is 1. The molecule has 2 aromatic rings. The lowest BCUT2D eigenvalue weighted by Gasteiger charge is -2.24. The molecule has 0 spiro atoms. The number of anilines is 1. The molecule has 9 heteroatoms. The van der Waals surface area contributed by atoms with E-state index in [-0.39, 0.29) is 17.9 Å². The van der Waals surface area contributed by atoms with Gasteiger partial charge in [0.1, 0.15) is 17.1 Å². The van der Waals surface area contributed by atoms with Crippen molar-refractivity contribution < 1.29 is 33.7 Å². The molecule has 0 saturated heterocycles. The summed E-state index contributed by atoms with van der Waals surface area (Å²) in [5.41, 5.74) is 0.124. The Bertz CT molecular complexity index is 999. The molecular weight excluding hydrogens is 428 g/mol. The minimum absolute atomic E-state index is 0.0462. The minimum atomic E-state index is -1.10. The van der Waals surface area contributed by atoms with Gasteiger partial charge in [-0.25, -0.2) is 9.59 Å². The fourth-order valence-corrected chi connectivity index (χ4v) is 2.81. The van der Waals surface area contributed by atoms with E-state index in [0.717, 1.165) is 0 Å². The maximum absolute atomic E-state index is 12.9. The van der Waals surface area contributed by atoms with E-state index < -0.39 is 23.6 Å². The number of carbonyl (C=O) groups excluding carboxylic acids is 2. The number of aromatic carboxylic acids is 1. The summed E-state index contributed by atoms with van der Waals surface area (Å²) in [5, 5.41) is 11.8. The van der Waals surface area contributed by atoms with Crippen molar-refractivity contribution in [2.75, 3.05) is 32.6 Å². The normalized spacial score (nSPS) is 10.8. The van der Waals surface area contributed by atoms with Gasteiger partial charge in [0, 0.05) is 13.6 Å². The summed E-state index contributed by atoms with van der Waals surface area (Å²) in [6, 6.07) is 10.9. The summed E-state index contributed by atoms with van der Waals surface area (Å²) in [6.45, 7) is 6.13. The quantitative estimate of drug-likeness (QED) is 0.539. The van der Waals surface area contributed by atoms with E-state index in [9.17, 15) is 14.4 Å². The van der Waals surface area contributed by atoms with E-state index in [2.05, 4.69) is 5.32 Å². The lowest BCUT2D eigenvalue weighted by molar-refractivity contribution is 0.0291. The van der Waals surface area contributed by atoms with Crippen LogP contribution in [-0.2, 0) is 4.74 Å². The Morgan fingerprint density at radius 3 is 2.39 bits per heavy atom. The van der Waals surface area contributed by atoms with Crippen molar-refractivity contribution in [2.45, 2.75) is 32.8 Å². The molecule has 0 fully saturated rings. The number of hydrogen-bond donors (Lipinski definition) is 2. The second kappa shape index (κ2) is 11.2.